The first kappa shape index (κ1) is 26.9. The van der Waals surface area contributed by atoms with Crippen molar-refractivity contribution in [3.63, 3.8) is 0 Å². The minimum absolute atomic E-state index is 0.0885. The van der Waals surface area contributed by atoms with Crippen LogP contribution in [0.2, 0.25) is 10.0 Å². The van der Waals surface area contributed by atoms with Gasteiger partial charge in [0, 0.05) is 16.6 Å². The molecule has 1 aliphatic heterocycles. The molecule has 0 spiro atoms. The lowest BCUT2D eigenvalue weighted by molar-refractivity contribution is -0.124. The summed E-state index contributed by atoms with van der Waals surface area (Å²) in [7, 11) is -2.31. The van der Waals surface area contributed by atoms with E-state index in [1.54, 1.807) is 30.3 Å². The molecule has 0 aliphatic carbocycles. The number of rotatable bonds is 9. The second-order valence-corrected chi connectivity index (χ2v) is 11.1. The molecule has 4 rings (SSSR count). The van der Waals surface area contributed by atoms with Crippen molar-refractivity contribution >= 4 is 45.3 Å². The van der Waals surface area contributed by atoms with Crippen LogP contribution in [0.4, 0.5) is 0 Å². The molecule has 0 bridgehead atoms. The molecular formula is C26H25Cl2N3O5S. The molecule has 1 N–H and O–H groups in total. The van der Waals surface area contributed by atoms with Crippen molar-refractivity contribution in [2.45, 2.75) is 30.4 Å². The average molecular weight is 562 g/mol. The van der Waals surface area contributed by atoms with Gasteiger partial charge in [-0.25, -0.2) is 13.8 Å². The van der Waals surface area contributed by atoms with Crippen molar-refractivity contribution in [1.82, 2.24) is 9.73 Å². The molecule has 1 aliphatic rings. The fraction of sp³-hybridized carbons (Fsp3) is 0.231. The third-order valence-corrected chi connectivity index (χ3v) is 8.24. The lowest BCUT2D eigenvalue weighted by atomic mass is 10.2. The van der Waals surface area contributed by atoms with E-state index in [1.807, 2.05) is 12.1 Å². The number of ether oxygens (including phenoxy) is 2. The molecule has 1 saturated heterocycles. The van der Waals surface area contributed by atoms with Crippen molar-refractivity contribution in [2.24, 2.45) is 5.10 Å². The summed E-state index contributed by atoms with van der Waals surface area (Å²) >= 11 is 11.8. The summed E-state index contributed by atoms with van der Waals surface area (Å²) in [4.78, 5) is 12.9. The highest BCUT2D eigenvalue weighted by atomic mass is 35.5. The summed E-state index contributed by atoms with van der Waals surface area (Å²) in [5, 5.41) is 5.11. The highest BCUT2D eigenvalue weighted by Gasteiger charge is 2.39. The van der Waals surface area contributed by atoms with Gasteiger partial charge < -0.3 is 9.47 Å². The third-order valence-electron chi connectivity index (χ3n) is 5.81. The van der Waals surface area contributed by atoms with Crippen LogP contribution >= 0.6 is 23.2 Å². The van der Waals surface area contributed by atoms with Crippen molar-refractivity contribution in [1.29, 1.82) is 0 Å². The van der Waals surface area contributed by atoms with Gasteiger partial charge in [0.15, 0.2) is 11.5 Å². The zero-order valence-electron chi connectivity index (χ0n) is 19.9. The van der Waals surface area contributed by atoms with Crippen LogP contribution in [0.5, 0.6) is 11.5 Å². The quantitative estimate of drug-likeness (QED) is 0.296. The molecule has 1 heterocycles. The molecule has 0 saturated carbocycles. The highest BCUT2D eigenvalue weighted by Crippen LogP contribution is 2.29. The van der Waals surface area contributed by atoms with Crippen LogP contribution in [0.15, 0.2) is 76.7 Å². The summed E-state index contributed by atoms with van der Waals surface area (Å²) in [5.74, 6) is 0.550. The monoisotopic (exact) mass is 561 g/mol. The van der Waals surface area contributed by atoms with Gasteiger partial charge in [-0.3, -0.25) is 4.79 Å². The van der Waals surface area contributed by atoms with Gasteiger partial charge in [-0.1, -0.05) is 35.3 Å². The standard InChI is InChI=1S/C26H25Cl2N3O5S/c1-35-25-15-19(6-13-24(25)36-17-18-4-7-20(27)8-5-18)16-29-30-26(32)23-3-2-14-31(23)37(33,34)22-11-9-21(28)10-12-22/h4-13,15-16,23H,2-3,14,17H2,1H3,(H,30,32). The Morgan fingerprint density at radius 1 is 1.05 bits per heavy atom. The Labute approximate surface area is 225 Å². The molecule has 194 valence electrons. The molecule has 3 aromatic rings. The van der Waals surface area contributed by atoms with Gasteiger partial charge in [0.05, 0.1) is 18.2 Å². The largest absolute Gasteiger partial charge is 0.493 e. The second kappa shape index (κ2) is 12.0. The predicted octanol–water partition coefficient (Wildman–Crippen LogP) is 4.88. The number of hydrazone groups is 1. The minimum atomic E-state index is -3.84. The fourth-order valence-electron chi connectivity index (χ4n) is 3.90. The Balaban J connectivity index is 1.38. The molecule has 0 radical (unpaired) electrons. The molecule has 0 aromatic heterocycles. The number of hydrogen-bond acceptors (Lipinski definition) is 6. The number of sulfonamides is 1. The average Bonchev–Trinajstić information content (AvgIpc) is 3.40. The molecule has 11 heteroatoms. The van der Waals surface area contributed by atoms with Crippen LogP contribution in [0.3, 0.4) is 0 Å². The molecular weight excluding hydrogens is 537 g/mol. The molecule has 8 nitrogen and oxygen atoms in total. The SMILES string of the molecule is COc1cc(C=NNC(=O)C2CCCN2S(=O)(=O)c2ccc(Cl)cc2)ccc1OCc1ccc(Cl)cc1. The Bertz CT molecular complexity index is 1380. The topological polar surface area (TPSA) is 97.3 Å². The first-order chi connectivity index (χ1) is 17.8. The van der Waals surface area contributed by atoms with E-state index in [1.165, 1.54) is 41.9 Å². The Morgan fingerprint density at radius 2 is 1.73 bits per heavy atom. The summed E-state index contributed by atoms with van der Waals surface area (Å²) in [6.45, 7) is 0.593. The van der Waals surface area contributed by atoms with Crippen molar-refractivity contribution in [3.05, 3.63) is 87.9 Å². The highest BCUT2D eigenvalue weighted by molar-refractivity contribution is 7.89. The minimum Gasteiger partial charge on any atom is -0.493 e. The van der Waals surface area contributed by atoms with Gasteiger partial charge in [-0.05, 0) is 78.6 Å². The predicted molar refractivity (Wildman–Crippen MR) is 143 cm³/mol. The molecule has 1 unspecified atom stereocenters. The number of nitrogens with zero attached hydrogens (tertiary/aromatic N) is 2. The van der Waals surface area contributed by atoms with Gasteiger partial charge >= 0.3 is 0 Å². The van der Waals surface area contributed by atoms with Gasteiger partial charge in [0.25, 0.3) is 5.91 Å². The maximum absolute atomic E-state index is 13.0. The van der Waals surface area contributed by atoms with E-state index in [0.29, 0.717) is 46.6 Å². The van der Waals surface area contributed by atoms with E-state index >= 15 is 0 Å². The van der Waals surface area contributed by atoms with Crippen LogP contribution in [0, 0.1) is 0 Å². The Morgan fingerprint density at radius 3 is 2.41 bits per heavy atom. The summed E-state index contributed by atoms with van der Waals surface area (Å²) in [6.07, 6.45) is 2.43. The van der Waals surface area contributed by atoms with E-state index in [9.17, 15) is 13.2 Å². The first-order valence-electron chi connectivity index (χ1n) is 11.4. The van der Waals surface area contributed by atoms with E-state index in [2.05, 4.69) is 10.5 Å². The van der Waals surface area contributed by atoms with Crippen molar-refractivity contribution < 1.29 is 22.7 Å². The number of nitrogens with one attached hydrogen (secondary N) is 1. The number of amides is 1. The lowest BCUT2D eigenvalue weighted by Gasteiger charge is -2.22. The van der Waals surface area contributed by atoms with Crippen molar-refractivity contribution in [3.8, 4) is 11.5 Å². The van der Waals surface area contributed by atoms with Gasteiger partial charge in [0.1, 0.15) is 12.6 Å². The maximum atomic E-state index is 13.0. The Kier molecular flexibility index (Phi) is 8.71. The van der Waals surface area contributed by atoms with E-state index < -0.39 is 22.0 Å². The smallest absolute Gasteiger partial charge is 0.258 e. The molecule has 1 atom stereocenters. The summed E-state index contributed by atoms with van der Waals surface area (Å²) in [5.41, 5.74) is 4.08. The van der Waals surface area contributed by atoms with Gasteiger partial charge in [-0.2, -0.15) is 9.41 Å². The fourth-order valence-corrected chi connectivity index (χ4v) is 5.81. The molecule has 1 amide bonds. The van der Waals surface area contributed by atoms with Gasteiger partial charge in [0.2, 0.25) is 10.0 Å². The lowest BCUT2D eigenvalue weighted by Crippen LogP contribution is -2.44. The zero-order chi connectivity index (χ0) is 26.4. The molecule has 3 aromatic carbocycles. The van der Waals surface area contributed by atoms with Crippen LogP contribution in [-0.2, 0) is 21.4 Å². The first-order valence-corrected chi connectivity index (χ1v) is 13.6. The number of methoxy groups -OCH3 is 1. The third kappa shape index (κ3) is 6.61. The summed E-state index contributed by atoms with van der Waals surface area (Å²) in [6, 6.07) is 17.6. The van der Waals surface area contributed by atoms with Crippen LogP contribution in [0.25, 0.3) is 0 Å². The zero-order valence-corrected chi connectivity index (χ0v) is 22.3. The number of benzene rings is 3. The maximum Gasteiger partial charge on any atom is 0.258 e. The Hall–Kier alpha value is -3.11. The van der Waals surface area contributed by atoms with Crippen molar-refractivity contribution in [2.75, 3.05) is 13.7 Å². The van der Waals surface area contributed by atoms with E-state index in [-0.39, 0.29) is 11.4 Å². The number of carbonyl (C=O) groups excluding carboxylic acids is 1. The summed E-state index contributed by atoms with van der Waals surface area (Å²) < 4.78 is 38.6. The van der Waals surface area contributed by atoms with E-state index in [4.69, 9.17) is 32.7 Å². The second-order valence-electron chi connectivity index (χ2n) is 8.29. The number of halogens is 2. The number of hydrogen-bond donors (Lipinski definition) is 1. The van der Waals surface area contributed by atoms with Crippen LogP contribution < -0.4 is 14.9 Å². The molecule has 37 heavy (non-hydrogen) atoms. The van der Waals surface area contributed by atoms with Crippen LogP contribution in [0.1, 0.15) is 24.0 Å². The molecule has 1 fully saturated rings. The normalized spacial score (nSPS) is 16.1. The van der Waals surface area contributed by atoms with E-state index in [0.717, 1.165) is 5.56 Å². The number of carbonyl (C=O) groups is 1. The van der Waals surface area contributed by atoms with Gasteiger partial charge in [-0.15, -0.1) is 0 Å². The van der Waals surface area contributed by atoms with Crippen LogP contribution in [-0.4, -0.2) is 44.5 Å².